The van der Waals surface area contributed by atoms with Crippen molar-refractivity contribution in [2.45, 2.75) is 19.0 Å². The summed E-state index contributed by atoms with van der Waals surface area (Å²) in [5.74, 6) is 0. The van der Waals surface area contributed by atoms with Crippen molar-refractivity contribution in [3.63, 3.8) is 0 Å². The van der Waals surface area contributed by atoms with E-state index in [0.717, 1.165) is 24.2 Å². The van der Waals surface area contributed by atoms with Gasteiger partial charge in [0.15, 0.2) is 0 Å². The molecule has 1 heterocycles. The summed E-state index contributed by atoms with van der Waals surface area (Å²) in [6, 6.07) is 18.3. The number of hydrogen-bond donors (Lipinski definition) is 1. The van der Waals surface area contributed by atoms with Crippen LogP contribution >= 0.6 is 12.4 Å². The molecule has 0 spiro atoms. The highest BCUT2D eigenvalue weighted by atomic mass is 35.5. The molecule has 1 atom stereocenters. The number of nitrogen functional groups attached to an aromatic ring is 1. The maximum absolute atomic E-state index is 12.4. The zero-order chi connectivity index (χ0) is 15.5. The Morgan fingerprint density at radius 2 is 1.70 bits per heavy atom. The number of halogens is 1. The molecule has 1 fully saturated rings. The normalized spacial score (nSPS) is 17.3. The number of urea groups is 1. The third-order valence-electron chi connectivity index (χ3n) is 4.22. The summed E-state index contributed by atoms with van der Waals surface area (Å²) in [5.41, 5.74) is 8.86. The first kappa shape index (κ1) is 17.2. The van der Waals surface area contributed by atoms with E-state index in [9.17, 15) is 4.79 Å². The van der Waals surface area contributed by atoms with Gasteiger partial charge in [0, 0.05) is 25.8 Å². The fraction of sp³-hybridized carbons (Fsp3) is 0.278. The van der Waals surface area contributed by atoms with Gasteiger partial charge in [0.1, 0.15) is 0 Å². The van der Waals surface area contributed by atoms with Gasteiger partial charge in [-0.15, -0.1) is 12.4 Å². The summed E-state index contributed by atoms with van der Waals surface area (Å²) in [7, 11) is 1.88. The zero-order valence-corrected chi connectivity index (χ0v) is 14.0. The molecule has 1 aliphatic rings. The van der Waals surface area contributed by atoms with Crippen LogP contribution in [0.2, 0.25) is 0 Å². The van der Waals surface area contributed by atoms with E-state index in [2.05, 4.69) is 12.1 Å². The molecule has 0 radical (unpaired) electrons. The average Bonchev–Trinajstić information content (AvgIpc) is 2.79. The number of hydrogen-bond acceptors (Lipinski definition) is 2. The van der Waals surface area contributed by atoms with Gasteiger partial charge in [-0.2, -0.15) is 0 Å². The number of benzene rings is 2. The molecule has 0 saturated carbocycles. The van der Waals surface area contributed by atoms with Crippen molar-refractivity contribution >= 4 is 24.1 Å². The quantitative estimate of drug-likeness (QED) is 0.875. The van der Waals surface area contributed by atoms with E-state index >= 15 is 0 Å². The molecule has 3 rings (SSSR count). The van der Waals surface area contributed by atoms with Crippen LogP contribution in [0.3, 0.4) is 0 Å². The lowest BCUT2D eigenvalue weighted by molar-refractivity contribution is 0.194. The molecule has 2 amide bonds. The topological polar surface area (TPSA) is 49.6 Å². The van der Waals surface area contributed by atoms with E-state index < -0.39 is 0 Å². The number of nitrogens with zero attached hydrogens (tertiary/aromatic N) is 2. The first-order valence-electron chi connectivity index (χ1n) is 7.53. The summed E-state index contributed by atoms with van der Waals surface area (Å²) >= 11 is 0. The third-order valence-corrected chi connectivity index (χ3v) is 4.22. The van der Waals surface area contributed by atoms with Crippen LogP contribution < -0.4 is 5.73 Å². The van der Waals surface area contributed by atoms with Gasteiger partial charge in [0.25, 0.3) is 0 Å². The van der Waals surface area contributed by atoms with Crippen molar-refractivity contribution < 1.29 is 4.79 Å². The summed E-state index contributed by atoms with van der Waals surface area (Å²) in [4.78, 5) is 16.2. The van der Waals surface area contributed by atoms with Crippen molar-refractivity contribution in [1.82, 2.24) is 9.80 Å². The van der Waals surface area contributed by atoms with Gasteiger partial charge in [0.05, 0.1) is 6.04 Å². The fourth-order valence-corrected chi connectivity index (χ4v) is 2.90. The summed E-state index contributed by atoms with van der Waals surface area (Å²) in [5, 5.41) is 0. The Balaban J connectivity index is 0.00000192. The van der Waals surface area contributed by atoms with Gasteiger partial charge in [-0.05, 0) is 29.7 Å². The van der Waals surface area contributed by atoms with Crippen LogP contribution in [0.5, 0.6) is 0 Å². The van der Waals surface area contributed by atoms with E-state index in [0.29, 0.717) is 6.54 Å². The number of likely N-dealkylation sites (N-methyl/N-ethyl adjacent to an activating group) is 1. The monoisotopic (exact) mass is 331 g/mol. The van der Waals surface area contributed by atoms with E-state index in [1.165, 1.54) is 5.56 Å². The van der Waals surface area contributed by atoms with Gasteiger partial charge in [-0.3, -0.25) is 0 Å². The maximum Gasteiger partial charge on any atom is 0.320 e. The average molecular weight is 332 g/mol. The molecule has 2 N–H and O–H groups in total. The van der Waals surface area contributed by atoms with Crippen molar-refractivity contribution in [2.24, 2.45) is 0 Å². The lowest BCUT2D eigenvalue weighted by Gasteiger charge is -2.17. The Bertz CT molecular complexity index is 645. The molecular weight excluding hydrogens is 310 g/mol. The predicted molar refractivity (Wildman–Crippen MR) is 95.6 cm³/mol. The van der Waals surface area contributed by atoms with Crippen LogP contribution in [0.1, 0.15) is 11.1 Å². The first-order chi connectivity index (χ1) is 10.6. The van der Waals surface area contributed by atoms with Crippen LogP contribution in [0.15, 0.2) is 54.6 Å². The smallest absolute Gasteiger partial charge is 0.320 e. The molecule has 4 nitrogen and oxygen atoms in total. The molecule has 1 unspecified atom stereocenters. The molecule has 122 valence electrons. The van der Waals surface area contributed by atoms with Gasteiger partial charge in [0.2, 0.25) is 0 Å². The number of carbonyl (C=O) groups excluding carboxylic acids is 1. The minimum Gasteiger partial charge on any atom is -0.399 e. The SMILES string of the molecule is CN1C(=O)N(Cc2ccccc2)CC1Cc1ccc(N)cc1.Cl. The Morgan fingerprint density at radius 3 is 2.35 bits per heavy atom. The Kier molecular flexibility index (Phi) is 5.50. The van der Waals surface area contributed by atoms with Crippen LogP contribution in [-0.4, -0.2) is 35.5 Å². The van der Waals surface area contributed by atoms with Crippen molar-refractivity contribution in [3.8, 4) is 0 Å². The number of amides is 2. The molecule has 23 heavy (non-hydrogen) atoms. The lowest BCUT2D eigenvalue weighted by atomic mass is 10.1. The van der Waals surface area contributed by atoms with Gasteiger partial charge in [-0.1, -0.05) is 42.5 Å². The molecule has 2 aromatic rings. The Hall–Kier alpha value is -2.20. The number of carbonyl (C=O) groups is 1. The van der Waals surface area contributed by atoms with E-state index in [4.69, 9.17) is 5.73 Å². The van der Waals surface area contributed by atoms with Gasteiger partial charge < -0.3 is 15.5 Å². The number of rotatable bonds is 4. The minimum atomic E-state index is 0. The predicted octanol–water partition coefficient (Wildman–Crippen LogP) is 3.17. The van der Waals surface area contributed by atoms with Crippen LogP contribution in [0.4, 0.5) is 10.5 Å². The Labute approximate surface area is 143 Å². The summed E-state index contributed by atoms with van der Waals surface area (Å²) in [6.45, 7) is 1.43. The van der Waals surface area contributed by atoms with Gasteiger partial charge >= 0.3 is 6.03 Å². The highest BCUT2D eigenvalue weighted by Crippen LogP contribution is 2.20. The highest BCUT2D eigenvalue weighted by molar-refractivity contribution is 5.85. The standard InChI is InChI=1S/C18H21N3O.ClH/c1-20-17(11-14-7-9-16(19)10-8-14)13-21(18(20)22)12-15-5-3-2-4-6-15;/h2-10,17H,11-13,19H2,1H3;1H. The second-order valence-electron chi connectivity index (χ2n) is 5.86. The minimum absolute atomic E-state index is 0. The number of anilines is 1. The van der Waals surface area contributed by atoms with Crippen LogP contribution in [-0.2, 0) is 13.0 Å². The molecule has 1 saturated heterocycles. The number of nitrogens with two attached hydrogens (primary N) is 1. The lowest BCUT2D eigenvalue weighted by Crippen LogP contribution is -2.32. The maximum atomic E-state index is 12.4. The summed E-state index contributed by atoms with van der Waals surface area (Å²) in [6.07, 6.45) is 0.855. The van der Waals surface area contributed by atoms with E-state index in [1.54, 1.807) is 0 Å². The van der Waals surface area contributed by atoms with Crippen LogP contribution in [0, 0.1) is 0 Å². The van der Waals surface area contributed by atoms with E-state index in [-0.39, 0.29) is 24.5 Å². The molecular formula is C18H22ClN3O. The van der Waals surface area contributed by atoms with E-state index in [1.807, 2.05) is 59.3 Å². The molecule has 5 heteroatoms. The molecule has 0 bridgehead atoms. The molecule has 0 aliphatic carbocycles. The van der Waals surface area contributed by atoms with Crippen LogP contribution in [0.25, 0.3) is 0 Å². The van der Waals surface area contributed by atoms with Crippen molar-refractivity contribution in [3.05, 3.63) is 65.7 Å². The third kappa shape index (κ3) is 3.96. The molecule has 1 aliphatic heterocycles. The second-order valence-corrected chi connectivity index (χ2v) is 5.86. The van der Waals surface area contributed by atoms with Crippen molar-refractivity contribution in [2.75, 3.05) is 19.3 Å². The second kappa shape index (κ2) is 7.38. The largest absolute Gasteiger partial charge is 0.399 e. The zero-order valence-electron chi connectivity index (χ0n) is 13.2. The fourth-order valence-electron chi connectivity index (χ4n) is 2.90. The molecule has 2 aromatic carbocycles. The first-order valence-corrected chi connectivity index (χ1v) is 7.53. The Morgan fingerprint density at radius 1 is 1.04 bits per heavy atom. The summed E-state index contributed by atoms with van der Waals surface area (Å²) < 4.78 is 0. The molecule has 0 aromatic heterocycles. The van der Waals surface area contributed by atoms with Gasteiger partial charge in [-0.25, -0.2) is 4.79 Å². The van der Waals surface area contributed by atoms with Crippen molar-refractivity contribution in [1.29, 1.82) is 0 Å². The highest BCUT2D eigenvalue weighted by Gasteiger charge is 2.34.